The van der Waals surface area contributed by atoms with E-state index in [1.807, 2.05) is 0 Å². The smallest absolute Gasteiger partial charge is 0.412 e. The molecule has 5 nitrogen and oxygen atoms in total. The van der Waals surface area contributed by atoms with E-state index in [0.29, 0.717) is 29.6 Å². The van der Waals surface area contributed by atoms with Crippen molar-refractivity contribution < 1.29 is 19.4 Å². The maximum absolute atomic E-state index is 11.6. The SMILES string of the molecule is CC(C)(C)N(C(=O)O)c1cc(OCC2CC2)c(Cl)cc1C=O. The second-order valence-electron chi connectivity index (χ2n) is 6.50. The molecule has 0 aromatic heterocycles. The van der Waals surface area contributed by atoms with Crippen LogP contribution in [0.25, 0.3) is 0 Å². The molecule has 6 heteroatoms. The summed E-state index contributed by atoms with van der Waals surface area (Å²) in [5.74, 6) is 0.952. The average Bonchev–Trinajstić information content (AvgIpc) is 3.20. The van der Waals surface area contributed by atoms with E-state index in [4.69, 9.17) is 16.3 Å². The zero-order chi connectivity index (χ0) is 16.5. The highest BCUT2D eigenvalue weighted by Gasteiger charge is 2.31. The van der Waals surface area contributed by atoms with Gasteiger partial charge < -0.3 is 9.84 Å². The molecular weight excluding hydrogens is 306 g/mol. The van der Waals surface area contributed by atoms with Crippen LogP contribution < -0.4 is 9.64 Å². The van der Waals surface area contributed by atoms with Gasteiger partial charge >= 0.3 is 6.09 Å². The molecule has 120 valence electrons. The first kappa shape index (κ1) is 16.6. The van der Waals surface area contributed by atoms with Gasteiger partial charge in [-0.25, -0.2) is 4.79 Å². The number of carbonyl (C=O) groups excluding carboxylic acids is 1. The number of ether oxygens (including phenoxy) is 1. The Morgan fingerprint density at radius 2 is 2.09 bits per heavy atom. The van der Waals surface area contributed by atoms with Crippen LogP contribution in [-0.2, 0) is 0 Å². The van der Waals surface area contributed by atoms with Crippen molar-refractivity contribution in [1.82, 2.24) is 0 Å². The third-order valence-corrected chi connectivity index (χ3v) is 3.78. The Morgan fingerprint density at radius 3 is 2.55 bits per heavy atom. The fourth-order valence-corrected chi connectivity index (χ4v) is 2.43. The number of nitrogens with zero attached hydrogens (tertiary/aromatic N) is 1. The van der Waals surface area contributed by atoms with Crippen molar-refractivity contribution in [1.29, 1.82) is 0 Å². The molecule has 2 rings (SSSR count). The number of rotatable bonds is 5. The summed E-state index contributed by atoms with van der Waals surface area (Å²) >= 11 is 6.13. The van der Waals surface area contributed by atoms with Crippen molar-refractivity contribution in [2.75, 3.05) is 11.5 Å². The molecule has 1 N–H and O–H groups in total. The van der Waals surface area contributed by atoms with Gasteiger partial charge in [0, 0.05) is 17.2 Å². The van der Waals surface area contributed by atoms with Gasteiger partial charge in [0.1, 0.15) is 5.75 Å². The van der Waals surface area contributed by atoms with E-state index in [9.17, 15) is 14.7 Å². The second kappa shape index (κ2) is 6.16. The summed E-state index contributed by atoms with van der Waals surface area (Å²) in [5.41, 5.74) is -0.197. The lowest BCUT2D eigenvalue weighted by Crippen LogP contribution is -2.45. The maximum Gasteiger partial charge on any atom is 0.412 e. The number of amides is 1. The van der Waals surface area contributed by atoms with E-state index in [2.05, 4.69) is 0 Å². The highest BCUT2D eigenvalue weighted by Crippen LogP contribution is 2.37. The molecule has 0 heterocycles. The van der Waals surface area contributed by atoms with E-state index >= 15 is 0 Å². The van der Waals surface area contributed by atoms with Crippen LogP contribution >= 0.6 is 11.6 Å². The quantitative estimate of drug-likeness (QED) is 0.823. The molecule has 0 unspecified atom stereocenters. The Hall–Kier alpha value is -1.75. The summed E-state index contributed by atoms with van der Waals surface area (Å²) in [4.78, 5) is 24.1. The van der Waals surface area contributed by atoms with Crippen molar-refractivity contribution >= 4 is 29.7 Å². The summed E-state index contributed by atoms with van der Waals surface area (Å²) in [7, 11) is 0. The molecule has 22 heavy (non-hydrogen) atoms. The van der Waals surface area contributed by atoms with Gasteiger partial charge in [-0.1, -0.05) is 11.6 Å². The Morgan fingerprint density at radius 1 is 1.45 bits per heavy atom. The number of hydrogen-bond donors (Lipinski definition) is 1. The molecule has 0 atom stereocenters. The van der Waals surface area contributed by atoms with Crippen LogP contribution in [-0.4, -0.2) is 29.6 Å². The minimum absolute atomic E-state index is 0.223. The lowest BCUT2D eigenvalue weighted by atomic mass is 10.0. The third-order valence-electron chi connectivity index (χ3n) is 3.48. The Kier molecular flexibility index (Phi) is 4.66. The number of anilines is 1. The lowest BCUT2D eigenvalue weighted by Gasteiger charge is -2.34. The van der Waals surface area contributed by atoms with Crippen LogP contribution in [0.3, 0.4) is 0 Å². The standard InChI is InChI=1S/C16H20ClNO4/c1-16(2,3)18(15(20)21)13-7-14(22-9-10-4-5-10)12(17)6-11(13)8-19/h6-8,10H,4-5,9H2,1-3H3,(H,20,21). The third kappa shape index (κ3) is 3.71. The van der Waals surface area contributed by atoms with Gasteiger partial charge in [0.05, 0.1) is 17.3 Å². The highest BCUT2D eigenvalue weighted by atomic mass is 35.5. The monoisotopic (exact) mass is 325 g/mol. The van der Waals surface area contributed by atoms with Crippen molar-refractivity contribution in [3.05, 3.63) is 22.7 Å². The number of carbonyl (C=O) groups is 2. The predicted octanol–water partition coefficient (Wildman–Crippen LogP) is 4.22. The molecule has 1 aliphatic carbocycles. The van der Waals surface area contributed by atoms with Crippen LogP contribution in [0.15, 0.2) is 12.1 Å². The Labute approximate surface area is 134 Å². The molecule has 1 aromatic rings. The van der Waals surface area contributed by atoms with Gasteiger partial charge in [0.25, 0.3) is 0 Å². The van der Waals surface area contributed by atoms with Crippen molar-refractivity contribution in [2.24, 2.45) is 5.92 Å². The van der Waals surface area contributed by atoms with Gasteiger partial charge in [-0.2, -0.15) is 0 Å². The number of hydrogen-bond acceptors (Lipinski definition) is 3. The zero-order valence-electron chi connectivity index (χ0n) is 12.9. The Balaban J connectivity index is 2.43. The molecule has 0 spiro atoms. The summed E-state index contributed by atoms with van der Waals surface area (Å²) in [6.07, 6.45) is 1.75. The maximum atomic E-state index is 11.6. The molecule has 0 aliphatic heterocycles. The average molecular weight is 326 g/mol. The molecule has 1 aromatic carbocycles. The topological polar surface area (TPSA) is 66.8 Å². The van der Waals surface area contributed by atoms with Crippen LogP contribution in [0.4, 0.5) is 10.5 Å². The number of aldehydes is 1. The minimum atomic E-state index is -1.13. The van der Waals surface area contributed by atoms with Gasteiger partial charge in [-0.3, -0.25) is 9.69 Å². The van der Waals surface area contributed by atoms with E-state index in [0.717, 1.165) is 17.7 Å². The summed E-state index contributed by atoms with van der Waals surface area (Å²) in [5, 5.41) is 9.82. The van der Waals surface area contributed by atoms with Gasteiger partial charge in [0.15, 0.2) is 6.29 Å². The number of benzene rings is 1. The van der Waals surface area contributed by atoms with Crippen molar-refractivity contribution in [3.63, 3.8) is 0 Å². The van der Waals surface area contributed by atoms with Crippen LogP contribution in [0.1, 0.15) is 44.0 Å². The normalized spacial score (nSPS) is 14.5. The predicted molar refractivity (Wildman–Crippen MR) is 85.3 cm³/mol. The van der Waals surface area contributed by atoms with Gasteiger partial charge in [-0.15, -0.1) is 0 Å². The fourth-order valence-electron chi connectivity index (χ4n) is 2.20. The number of carboxylic acid groups (broad SMARTS) is 1. The van der Waals surface area contributed by atoms with Crippen molar-refractivity contribution in [2.45, 2.75) is 39.2 Å². The van der Waals surface area contributed by atoms with E-state index in [1.54, 1.807) is 20.8 Å². The summed E-state index contributed by atoms with van der Waals surface area (Å²) in [6, 6.07) is 2.99. The van der Waals surface area contributed by atoms with Crippen LogP contribution in [0.2, 0.25) is 5.02 Å². The second-order valence-corrected chi connectivity index (χ2v) is 6.91. The molecule has 0 bridgehead atoms. The fraction of sp³-hybridized carbons (Fsp3) is 0.500. The first-order chi connectivity index (χ1) is 10.2. The molecule has 1 saturated carbocycles. The molecule has 1 fully saturated rings. The first-order valence-electron chi connectivity index (χ1n) is 7.18. The summed E-state index contributed by atoms with van der Waals surface area (Å²) < 4.78 is 5.68. The van der Waals surface area contributed by atoms with Gasteiger partial charge in [-0.05, 0) is 45.6 Å². The molecule has 0 saturated heterocycles. The first-order valence-corrected chi connectivity index (χ1v) is 7.56. The zero-order valence-corrected chi connectivity index (χ0v) is 13.7. The Bertz CT molecular complexity index is 591. The molecule has 0 radical (unpaired) electrons. The van der Waals surface area contributed by atoms with Crippen LogP contribution in [0.5, 0.6) is 5.75 Å². The lowest BCUT2D eigenvalue weighted by molar-refractivity contribution is 0.112. The molecule has 1 amide bonds. The van der Waals surface area contributed by atoms with E-state index < -0.39 is 11.6 Å². The summed E-state index contributed by atoms with van der Waals surface area (Å²) in [6.45, 7) is 5.83. The molecular formula is C16H20ClNO4. The van der Waals surface area contributed by atoms with Gasteiger partial charge in [0.2, 0.25) is 0 Å². The van der Waals surface area contributed by atoms with Crippen molar-refractivity contribution in [3.8, 4) is 5.75 Å². The van der Waals surface area contributed by atoms with E-state index in [-0.39, 0.29) is 11.3 Å². The number of halogens is 1. The highest BCUT2D eigenvalue weighted by molar-refractivity contribution is 6.32. The molecule has 1 aliphatic rings. The van der Waals surface area contributed by atoms with E-state index in [1.165, 1.54) is 12.1 Å². The van der Waals surface area contributed by atoms with Crippen LogP contribution in [0, 0.1) is 5.92 Å². The minimum Gasteiger partial charge on any atom is -0.492 e. The largest absolute Gasteiger partial charge is 0.492 e.